The Labute approximate surface area is 201 Å². The fraction of sp³-hybridized carbons (Fsp3) is 0.185. The normalized spacial score (nSPS) is 18.1. The summed E-state index contributed by atoms with van der Waals surface area (Å²) < 4.78 is 21.9. The first kappa shape index (κ1) is 22.3. The smallest absolute Gasteiger partial charge is 0.300 e. The number of rotatable bonds is 6. The number of nitrogens with zero attached hydrogens (tertiary/aromatic N) is 1. The van der Waals surface area contributed by atoms with Gasteiger partial charge in [-0.1, -0.05) is 24.3 Å². The molecule has 0 saturated carbocycles. The molecule has 1 fully saturated rings. The zero-order chi connectivity index (χ0) is 24.5. The fourth-order valence-corrected chi connectivity index (χ4v) is 4.38. The van der Waals surface area contributed by atoms with Crippen LogP contribution in [0.2, 0.25) is 0 Å². The van der Waals surface area contributed by atoms with Gasteiger partial charge in [-0.2, -0.15) is 0 Å². The first-order valence-electron chi connectivity index (χ1n) is 11.1. The minimum atomic E-state index is -0.916. The second-order valence-electron chi connectivity index (χ2n) is 7.91. The lowest BCUT2D eigenvalue weighted by molar-refractivity contribution is -0.132. The lowest BCUT2D eigenvalue weighted by atomic mass is 9.94. The Morgan fingerprint density at radius 3 is 2.63 bits per heavy atom. The molecule has 35 heavy (non-hydrogen) atoms. The molecule has 1 N–H and O–H groups in total. The number of aliphatic hydroxyl groups is 1. The third-order valence-electron chi connectivity index (χ3n) is 5.93. The number of ketones is 1. The number of carbonyl (C=O) groups excluding carboxylic acids is 2. The number of aliphatic hydroxyl groups excluding tert-OH is 1. The van der Waals surface area contributed by atoms with Crippen LogP contribution in [0.3, 0.4) is 0 Å². The third kappa shape index (κ3) is 3.82. The summed E-state index contributed by atoms with van der Waals surface area (Å²) in [5.41, 5.74) is 1.29. The molecule has 1 amide bonds. The van der Waals surface area contributed by atoms with Crippen LogP contribution in [0.25, 0.3) is 5.76 Å². The van der Waals surface area contributed by atoms with Crippen LogP contribution in [-0.2, 0) is 9.59 Å². The van der Waals surface area contributed by atoms with Crippen LogP contribution in [-0.4, -0.2) is 37.3 Å². The number of amides is 1. The highest BCUT2D eigenvalue weighted by molar-refractivity contribution is 6.51. The van der Waals surface area contributed by atoms with Gasteiger partial charge in [0.1, 0.15) is 17.3 Å². The van der Waals surface area contributed by atoms with Gasteiger partial charge in [-0.3, -0.25) is 14.5 Å². The monoisotopic (exact) mass is 473 g/mol. The van der Waals surface area contributed by atoms with Crippen LogP contribution in [0.1, 0.15) is 24.1 Å². The van der Waals surface area contributed by atoms with Gasteiger partial charge in [-0.25, -0.2) is 0 Å². The summed E-state index contributed by atoms with van der Waals surface area (Å²) in [6.45, 7) is 2.39. The number of anilines is 1. The van der Waals surface area contributed by atoms with Crippen LogP contribution in [0, 0.1) is 0 Å². The number of carbonyl (C=O) groups is 2. The standard InChI is InChI=1S/C27H23NO7/c1-3-33-18-8-6-7-16(13-18)24-23(25(29)19-9-4-5-10-20(19)32-2)26(30)27(31)28(24)17-11-12-21-22(14-17)35-15-34-21/h4-14,24,29H,3,15H2,1-2H3/b25-23+. The van der Waals surface area contributed by atoms with Gasteiger partial charge < -0.3 is 24.1 Å². The minimum absolute atomic E-state index is 0.0502. The van der Waals surface area contributed by atoms with Gasteiger partial charge >= 0.3 is 0 Å². The van der Waals surface area contributed by atoms with Crippen molar-refractivity contribution in [3.8, 4) is 23.0 Å². The third-order valence-corrected chi connectivity index (χ3v) is 5.93. The van der Waals surface area contributed by atoms with Crippen molar-refractivity contribution in [2.45, 2.75) is 13.0 Å². The summed E-state index contributed by atoms with van der Waals surface area (Å²) in [5, 5.41) is 11.4. The van der Waals surface area contributed by atoms with Crippen molar-refractivity contribution in [3.05, 3.63) is 83.4 Å². The Morgan fingerprint density at radius 1 is 1.03 bits per heavy atom. The van der Waals surface area contributed by atoms with Gasteiger partial charge in [0.15, 0.2) is 11.5 Å². The van der Waals surface area contributed by atoms with E-state index in [9.17, 15) is 14.7 Å². The average molecular weight is 473 g/mol. The van der Waals surface area contributed by atoms with Crippen molar-refractivity contribution in [2.75, 3.05) is 25.4 Å². The maximum Gasteiger partial charge on any atom is 0.300 e. The van der Waals surface area contributed by atoms with Gasteiger partial charge in [-0.05, 0) is 48.9 Å². The molecule has 1 atom stereocenters. The zero-order valence-corrected chi connectivity index (χ0v) is 19.2. The fourth-order valence-electron chi connectivity index (χ4n) is 4.38. The Kier molecular flexibility index (Phi) is 5.78. The number of fused-ring (bicyclic) bond motifs is 1. The number of Topliss-reactive ketones (excluding diaryl/α,β-unsaturated/α-hetero) is 1. The molecular weight excluding hydrogens is 450 g/mol. The molecule has 0 spiro atoms. The van der Waals surface area contributed by atoms with Crippen molar-refractivity contribution in [1.82, 2.24) is 0 Å². The number of benzene rings is 3. The van der Waals surface area contributed by atoms with E-state index >= 15 is 0 Å². The van der Waals surface area contributed by atoms with Crippen LogP contribution in [0.5, 0.6) is 23.0 Å². The van der Waals surface area contributed by atoms with Gasteiger partial charge in [0.05, 0.1) is 30.9 Å². The highest BCUT2D eigenvalue weighted by Gasteiger charge is 2.47. The molecule has 2 heterocycles. The number of ether oxygens (including phenoxy) is 4. The maximum atomic E-state index is 13.4. The van der Waals surface area contributed by atoms with Crippen LogP contribution < -0.4 is 23.8 Å². The van der Waals surface area contributed by atoms with Crippen molar-refractivity contribution in [1.29, 1.82) is 0 Å². The number of methoxy groups -OCH3 is 1. The Morgan fingerprint density at radius 2 is 1.83 bits per heavy atom. The van der Waals surface area contributed by atoms with Crippen molar-refractivity contribution in [3.63, 3.8) is 0 Å². The van der Waals surface area contributed by atoms with E-state index in [-0.39, 0.29) is 18.1 Å². The van der Waals surface area contributed by atoms with Gasteiger partial charge in [0.2, 0.25) is 6.79 Å². The molecule has 5 rings (SSSR count). The molecule has 0 aliphatic carbocycles. The highest BCUT2D eigenvalue weighted by Crippen LogP contribution is 2.46. The first-order valence-corrected chi connectivity index (χ1v) is 11.1. The molecule has 3 aromatic rings. The molecule has 2 aliphatic rings. The molecule has 8 heteroatoms. The molecule has 0 aromatic heterocycles. The summed E-state index contributed by atoms with van der Waals surface area (Å²) in [4.78, 5) is 28.1. The SMILES string of the molecule is CCOc1cccc(C2/C(=C(\O)c3ccccc3OC)C(=O)C(=O)N2c2ccc3c(c2)OCO3)c1. The highest BCUT2D eigenvalue weighted by atomic mass is 16.7. The molecule has 8 nitrogen and oxygen atoms in total. The summed E-state index contributed by atoms with van der Waals surface area (Å²) in [5.74, 6) is 0.0747. The lowest BCUT2D eigenvalue weighted by Gasteiger charge is -2.26. The van der Waals surface area contributed by atoms with Crippen molar-refractivity contribution < 1.29 is 33.6 Å². The van der Waals surface area contributed by atoms with Crippen LogP contribution in [0.15, 0.2) is 72.3 Å². The molecule has 0 radical (unpaired) electrons. The Hall–Kier alpha value is -4.46. The topological polar surface area (TPSA) is 94.5 Å². The quantitative estimate of drug-likeness (QED) is 0.321. The molecule has 3 aromatic carbocycles. The van der Waals surface area contributed by atoms with E-state index in [1.165, 1.54) is 12.0 Å². The predicted octanol–water partition coefficient (Wildman–Crippen LogP) is 4.45. The number of hydrogen-bond donors (Lipinski definition) is 1. The van der Waals surface area contributed by atoms with Gasteiger partial charge in [0, 0.05) is 11.8 Å². The Balaban J connectivity index is 1.72. The number of para-hydroxylation sites is 1. The second kappa shape index (κ2) is 9.06. The van der Waals surface area contributed by atoms with E-state index < -0.39 is 17.7 Å². The van der Waals surface area contributed by atoms with E-state index in [0.29, 0.717) is 46.4 Å². The molecule has 1 saturated heterocycles. The van der Waals surface area contributed by atoms with Crippen molar-refractivity contribution >= 4 is 23.1 Å². The minimum Gasteiger partial charge on any atom is -0.507 e. The molecule has 1 unspecified atom stereocenters. The van der Waals surface area contributed by atoms with E-state index in [1.807, 2.05) is 6.92 Å². The predicted molar refractivity (Wildman–Crippen MR) is 128 cm³/mol. The van der Waals surface area contributed by atoms with Crippen LogP contribution in [0.4, 0.5) is 5.69 Å². The van der Waals surface area contributed by atoms with Crippen LogP contribution >= 0.6 is 0 Å². The number of hydrogen-bond acceptors (Lipinski definition) is 7. The van der Waals surface area contributed by atoms with Crippen molar-refractivity contribution in [2.24, 2.45) is 0 Å². The maximum absolute atomic E-state index is 13.4. The summed E-state index contributed by atoms with van der Waals surface area (Å²) in [6, 6.07) is 18.0. The summed E-state index contributed by atoms with van der Waals surface area (Å²) in [7, 11) is 1.47. The van der Waals surface area contributed by atoms with E-state index in [4.69, 9.17) is 18.9 Å². The van der Waals surface area contributed by atoms with Gasteiger partial charge in [0.25, 0.3) is 11.7 Å². The summed E-state index contributed by atoms with van der Waals surface area (Å²) in [6.07, 6.45) is 0. The largest absolute Gasteiger partial charge is 0.507 e. The second-order valence-corrected chi connectivity index (χ2v) is 7.91. The first-order chi connectivity index (χ1) is 17.0. The average Bonchev–Trinajstić information content (AvgIpc) is 3.45. The molecule has 178 valence electrons. The Bertz CT molecular complexity index is 1350. The van der Waals surface area contributed by atoms with Gasteiger partial charge in [-0.15, -0.1) is 0 Å². The van der Waals surface area contributed by atoms with E-state index in [0.717, 1.165) is 0 Å². The molecule has 2 aliphatic heterocycles. The molecule has 0 bridgehead atoms. The van der Waals surface area contributed by atoms with E-state index in [2.05, 4.69) is 0 Å². The zero-order valence-electron chi connectivity index (χ0n) is 19.2. The summed E-state index contributed by atoms with van der Waals surface area (Å²) >= 11 is 0. The van der Waals surface area contributed by atoms with E-state index in [1.54, 1.807) is 66.7 Å². The molecular formula is C27H23NO7. The lowest BCUT2D eigenvalue weighted by Crippen LogP contribution is -2.29.